The maximum atomic E-state index is 12.6. The van der Waals surface area contributed by atoms with E-state index in [0.717, 1.165) is 18.6 Å². The fraction of sp³-hybridized carbons (Fsp3) is 0.500. The Labute approximate surface area is 142 Å². The fourth-order valence-electron chi connectivity index (χ4n) is 2.46. The molecule has 1 unspecified atom stereocenters. The minimum absolute atomic E-state index is 0.0289. The van der Waals surface area contributed by atoms with Gasteiger partial charge in [-0.25, -0.2) is 4.79 Å². The molecule has 23 heavy (non-hydrogen) atoms. The van der Waals surface area contributed by atoms with Gasteiger partial charge in [-0.2, -0.15) is 0 Å². The van der Waals surface area contributed by atoms with Crippen LogP contribution >= 0.6 is 11.3 Å². The molecule has 0 radical (unpaired) electrons. The van der Waals surface area contributed by atoms with Gasteiger partial charge in [0.15, 0.2) is 0 Å². The van der Waals surface area contributed by atoms with E-state index in [0.29, 0.717) is 13.1 Å². The Balaban J connectivity index is 1.93. The molecule has 2 heterocycles. The summed E-state index contributed by atoms with van der Waals surface area (Å²) in [7, 11) is 0. The van der Waals surface area contributed by atoms with Gasteiger partial charge in [-0.1, -0.05) is 32.3 Å². The van der Waals surface area contributed by atoms with E-state index >= 15 is 0 Å². The van der Waals surface area contributed by atoms with Crippen LogP contribution in [0.25, 0.3) is 0 Å². The molecule has 0 fully saturated rings. The number of urea groups is 1. The van der Waals surface area contributed by atoms with Crippen LogP contribution in [0.5, 0.6) is 0 Å². The van der Waals surface area contributed by atoms with Crippen molar-refractivity contribution < 1.29 is 9.21 Å². The first-order valence-electron chi connectivity index (χ1n) is 8.29. The summed E-state index contributed by atoms with van der Waals surface area (Å²) in [6.07, 6.45) is 6.23. The van der Waals surface area contributed by atoms with Crippen LogP contribution in [0.3, 0.4) is 0 Å². The third-order valence-electron chi connectivity index (χ3n) is 3.75. The number of unbranched alkanes of at least 4 members (excludes halogenated alkanes) is 2. The summed E-state index contributed by atoms with van der Waals surface area (Å²) in [4.78, 5) is 15.6. The second kappa shape index (κ2) is 9.40. The predicted molar refractivity (Wildman–Crippen MR) is 94.4 cm³/mol. The predicted octanol–water partition coefficient (Wildman–Crippen LogP) is 5.02. The van der Waals surface area contributed by atoms with E-state index < -0.39 is 0 Å². The van der Waals surface area contributed by atoms with Crippen molar-refractivity contribution >= 4 is 17.4 Å². The number of carbonyl (C=O) groups is 1. The molecule has 126 valence electrons. The third-order valence-corrected chi connectivity index (χ3v) is 4.61. The van der Waals surface area contributed by atoms with Crippen LogP contribution in [0.2, 0.25) is 0 Å². The molecular formula is C18H26N2O2S. The number of amides is 2. The van der Waals surface area contributed by atoms with Gasteiger partial charge in [0.2, 0.25) is 0 Å². The highest BCUT2D eigenvalue weighted by atomic mass is 32.1. The molecule has 0 aliphatic carbocycles. The van der Waals surface area contributed by atoms with E-state index in [1.807, 2.05) is 23.6 Å². The van der Waals surface area contributed by atoms with Gasteiger partial charge in [-0.05, 0) is 36.9 Å². The molecule has 2 rings (SSSR count). The van der Waals surface area contributed by atoms with Crippen molar-refractivity contribution in [1.82, 2.24) is 10.2 Å². The standard InChI is InChI=1S/C18H26N2O2S/c1-3-4-5-8-15(2)19-18(21)20(13-16-9-6-11-22-16)14-17-10-7-12-23-17/h6-7,9-12,15H,3-5,8,13-14H2,1-2H3,(H,19,21). The number of thiophene rings is 1. The first kappa shape index (κ1) is 17.6. The maximum Gasteiger partial charge on any atom is 0.318 e. The summed E-state index contributed by atoms with van der Waals surface area (Å²) in [5.41, 5.74) is 0. The summed E-state index contributed by atoms with van der Waals surface area (Å²) >= 11 is 1.66. The van der Waals surface area contributed by atoms with Crippen LogP contribution in [0, 0.1) is 0 Å². The molecule has 2 amide bonds. The largest absolute Gasteiger partial charge is 0.467 e. The number of carbonyl (C=O) groups excluding carboxylic acids is 1. The highest BCUT2D eigenvalue weighted by Crippen LogP contribution is 2.15. The van der Waals surface area contributed by atoms with Crippen molar-refractivity contribution in [2.75, 3.05) is 0 Å². The lowest BCUT2D eigenvalue weighted by molar-refractivity contribution is 0.184. The van der Waals surface area contributed by atoms with Gasteiger partial charge in [0.05, 0.1) is 19.4 Å². The van der Waals surface area contributed by atoms with Crippen molar-refractivity contribution in [1.29, 1.82) is 0 Å². The van der Waals surface area contributed by atoms with Gasteiger partial charge in [0.1, 0.15) is 5.76 Å². The molecule has 0 aromatic carbocycles. The smallest absolute Gasteiger partial charge is 0.318 e. The van der Waals surface area contributed by atoms with E-state index in [9.17, 15) is 4.79 Å². The zero-order chi connectivity index (χ0) is 16.5. The second-order valence-electron chi connectivity index (χ2n) is 5.86. The molecule has 1 N–H and O–H groups in total. The van der Waals surface area contributed by atoms with E-state index in [-0.39, 0.29) is 12.1 Å². The molecule has 0 bridgehead atoms. The topological polar surface area (TPSA) is 45.5 Å². The highest BCUT2D eigenvalue weighted by Gasteiger charge is 2.18. The molecule has 0 aliphatic heterocycles. The quantitative estimate of drug-likeness (QED) is 0.654. The van der Waals surface area contributed by atoms with Crippen molar-refractivity contribution in [3.8, 4) is 0 Å². The van der Waals surface area contributed by atoms with Crippen LogP contribution < -0.4 is 5.32 Å². The molecule has 2 aromatic heterocycles. The van der Waals surface area contributed by atoms with Gasteiger partial charge in [-0.3, -0.25) is 0 Å². The first-order chi connectivity index (χ1) is 11.2. The average molecular weight is 334 g/mol. The maximum absolute atomic E-state index is 12.6. The summed E-state index contributed by atoms with van der Waals surface area (Å²) < 4.78 is 5.40. The Morgan fingerprint density at radius 1 is 1.30 bits per heavy atom. The molecule has 0 aliphatic rings. The monoisotopic (exact) mass is 334 g/mol. The molecule has 1 atom stereocenters. The van der Waals surface area contributed by atoms with Crippen LogP contribution in [-0.2, 0) is 13.1 Å². The third kappa shape index (κ3) is 6.10. The molecule has 5 heteroatoms. The van der Waals surface area contributed by atoms with E-state index in [4.69, 9.17) is 4.42 Å². The highest BCUT2D eigenvalue weighted by molar-refractivity contribution is 7.09. The average Bonchev–Trinajstić information content (AvgIpc) is 3.20. The molecule has 0 saturated carbocycles. The number of nitrogens with one attached hydrogen (secondary N) is 1. The number of furan rings is 1. The van der Waals surface area contributed by atoms with E-state index in [2.05, 4.69) is 25.2 Å². The van der Waals surface area contributed by atoms with Gasteiger partial charge < -0.3 is 14.6 Å². The summed E-state index contributed by atoms with van der Waals surface area (Å²) in [6, 6.07) is 7.98. The minimum Gasteiger partial charge on any atom is -0.467 e. The fourth-order valence-corrected chi connectivity index (χ4v) is 3.18. The number of nitrogens with zero attached hydrogens (tertiary/aromatic N) is 1. The number of hydrogen-bond donors (Lipinski definition) is 1. The van der Waals surface area contributed by atoms with Crippen LogP contribution in [0.4, 0.5) is 4.79 Å². The first-order valence-corrected chi connectivity index (χ1v) is 9.17. The van der Waals surface area contributed by atoms with Crippen molar-refractivity contribution in [3.63, 3.8) is 0 Å². The Kier molecular flexibility index (Phi) is 7.20. The van der Waals surface area contributed by atoms with E-state index in [1.54, 1.807) is 22.5 Å². The minimum atomic E-state index is -0.0289. The van der Waals surface area contributed by atoms with Crippen molar-refractivity contribution in [2.45, 2.75) is 58.7 Å². The Morgan fingerprint density at radius 2 is 2.17 bits per heavy atom. The zero-order valence-corrected chi connectivity index (χ0v) is 14.8. The normalized spacial score (nSPS) is 12.1. The zero-order valence-electron chi connectivity index (χ0n) is 14.0. The Bertz CT molecular complexity index is 515. The van der Waals surface area contributed by atoms with Crippen LogP contribution in [0.15, 0.2) is 40.3 Å². The molecule has 0 spiro atoms. The van der Waals surface area contributed by atoms with Gasteiger partial charge in [0, 0.05) is 10.9 Å². The summed E-state index contributed by atoms with van der Waals surface area (Å²) in [6.45, 7) is 5.35. The van der Waals surface area contributed by atoms with Crippen molar-refractivity contribution in [2.24, 2.45) is 0 Å². The number of hydrogen-bond acceptors (Lipinski definition) is 3. The lowest BCUT2D eigenvalue weighted by Crippen LogP contribution is -2.43. The van der Waals surface area contributed by atoms with Gasteiger partial charge in [0.25, 0.3) is 0 Å². The Hall–Kier alpha value is -1.75. The van der Waals surface area contributed by atoms with Crippen molar-refractivity contribution in [3.05, 3.63) is 46.5 Å². The molecule has 0 saturated heterocycles. The number of rotatable bonds is 9. The lowest BCUT2D eigenvalue weighted by atomic mass is 10.1. The van der Waals surface area contributed by atoms with Gasteiger partial charge in [-0.15, -0.1) is 11.3 Å². The molecular weight excluding hydrogens is 308 g/mol. The molecule has 4 nitrogen and oxygen atoms in total. The molecule has 2 aromatic rings. The summed E-state index contributed by atoms with van der Waals surface area (Å²) in [5.74, 6) is 0.801. The summed E-state index contributed by atoms with van der Waals surface area (Å²) in [5, 5.41) is 5.15. The SMILES string of the molecule is CCCCCC(C)NC(=O)N(Cc1ccco1)Cc1cccs1. The lowest BCUT2D eigenvalue weighted by Gasteiger charge is -2.24. The van der Waals surface area contributed by atoms with E-state index in [1.165, 1.54) is 17.7 Å². The van der Waals surface area contributed by atoms with Gasteiger partial charge >= 0.3 is 6.03 Å². The van der Waals surface area contributed by atoms with Crippen LogP contribution in [0.1, 0.15) is 50.2 Å². The Morgan fingerprint density at radius 3 is 2.83 bits per heavy atom. The second-order valence-corrected chi connectivity index (χ2v) is 6.89. The van der Waals surface area contributed by atoms with Crippen LogP contribution in [-0.4, -0.2) is 17.0 Å².